The Hall–Kier alpha value is -8.36. The van der Waals surface area contributed by atoms with Crippen molar-refractivity contribution in [1.82, 2.24) is 36.2 Å². The van der Waals surface area contributed by atoms with Crippen LogP contribution in [0.5, 0.6) is 28.7 Å². The molecule has 7 aliphatic rings. The number of alkyl halides is 2. The highest BCUT2D eigenvalue weighted by Crippen LogP contribution is 2.53. The molecule has 25 nitrogen and oxygen atoms in total. The Kier molecular flexibility index (Phi) is 31.4. The normalized spacial score (nSPS) is 31.0. The van der Waals surface area contributed by atoms with E-state index in [-0.39, 0.29) is 174 Å². The zero-order valence-electron chi connectivity index (χ0n) is 73.3. The van der Waals surface area contributed by atoms with Crippen molar-refractivity contribution >= 4 is 52.8 Å². The van der Waals surface area contributed by atoms with Crippen LogP contribution in [0.15, 0.2) is 85.6 Å². The fraction of sp³-hybridized carbons (Fsp3) is 0.622. The number of nitrogens with zero attached hydrogens (tertiary/aromatic N) is 5. The highest BCUT2D eigenvalue weighted by atomic mass is 35.5. The lowest BCUT2D eigenvalue weighted by Gasteiger charge is -2.32. The minimum absolute atomic E-state index is 0.0224. The van der Waals surface area contributed by atoms with Crippen molar-refractivity contribution in [3.05, 3.63) is 142 Å². The summed E-state index contributed by atoms with van der Waals surface area (Å²) in [5, 5.41) is 87.9. The molecule has 0 radical (unpaired) electrons. The molecule has 21 atom stereocenters. The van der Waals surface area contributed by atoms with Gasteiger partial charge in [-0.1, -0.05) is 163 Å². The largest absolute Gasteiger partial charge is 0.571 e. The van der Waals surface area contributed by atoms with Crippen LogP contribution in [0.3, 0.4) is 0 Å². The molecule has 7 heterocycles. The van der Waals surface area contributed by atoms with Crippen molar-refractivity contribution in [3.8, 4) is 28.7 Å². The van der Waals surface area contributed by atoms with Crippen molar-refractivity contribution in [2.75, 3.05) is 0 Å². The fourth-order valence-electron chi connectivity index (χ4n) is 16.7. The van der Waals surface area contributed by atoms with E-state index in [1.807, 2.05) is 0 Å². The van der Waals surface area contributed by atoms with Gasteiger partial charge in [0.1, 0.15) is 11.5 Å². The van der Waals surface area contributed by atoms with E-state index in [2.05, 4.69) is 199 Å². The third-order valence-corrected chi connectivity index (χ3v) is 27.9. The van der Waals surface area contributed by atoms with E-state index in [1.165, 1.54) is 24.8 Å². The minimum atomic E-state index is -0.966. The predicted octanol–water partition coefficient (Wildman–Crippen LogP) is 13.7. The van der Waals surface area contributed by atoms with Crippen LogP contribution in [0.1, 0.15) is 251 Å². The molecule has 117 heavy (non-hydrogen) atoms. The number of aromatic hydroxyl groups is 5. The highest BCUT2D eigenvalue weighted by Gasteiger charge is 2.59. The molecule has 27 heteroatoms. The van der Waals surface area contributed by atoms with Crippen LogP contribution in [-0.4, -0.2) is 151 Å². The lowest BCUT2D eigenvalue weighted by atomic mass is 9.81. The summed E-state index contributed by atoms with van der Waals surface area (Å²) in [5.41, 5.74) is 8.82. The summed E-state index contributed by atoms with van der Waals surface area (Å²) in [5.74, 6) is 0.173. The first-order valence-electron chi connectivity index (χ1n) is 41.1. The van der Waals surface area contributed by atoms with Crippen LogP contribution in [0, 0.1) is 121 Å². The fourth-order valence-corrected chi connectivity index (χ4v) is 17.6. The Labute approximate surface area is 702 Å². The molecule has 3 saturated carbocycles. The van der Waals surface area contributed by atoms with Crippen LogP contribution >= 0.6 is 23.2 Å². The highest BCUT2D eigenvalue weighted by molar-refractivity contribution is 6.30. The van der Waals surface area contributed by atoms with Gasteiger partial charge in [0.25, 0.3) is 17.5 Å². The summed E-state index contributed by atoms with van der Waals surface area (Å²) < 4.78 is 13.1. The SMILES string of the molecule is C[C@H]1C=CC(C)(C)CC(N)[C@@H]1C.Cc1cc[n+](O)c(C(=O)NC2CC(C)(C)C3OC3[C@H](C)[C@H]2C)c1O.Cc1cc[n+](O)c(C(=O)NC2CC(C)(C)C3OC3[C@H](C)[C@H]2C)c1O.Cc1ccnc(C(=O)NC2CC(C)(C)C(Cl)C(Cl)[C@H](C)[C@H]2C)c1O.Cc1ccnc(C(=O)NC2CC(C)(C)C=C[C@H](C)[C@H]2C)c1O.Cc1ccnc(C(=O)[OH2+])c1O. The molecule has 0 bridgehead atoms. The Morgan fingerprint density at radius 2 is 0.752 bits per heavy atom. The number of pyridine rings is 5. The number of epoxide rings is 2. The molecule has 2 aliphatic heterocycles. The number of hydrogen-bond acceptors (Lipinski definition) is 18. The average molecular weight is 1670 g/mol. The van der Waals surface area contributed by atoms with Gasteiger partial charge in [-0.3, -0.25) is 29.6 Å². The smallest absolute Gasteiger partial charge is 0.560 e. The summed E-state index contributed by atoms with van der Waals surface area (Å²) in [6.07, 6.45) is 21.6. The van der Waals surface area contributed by atoms with Gasteiger partial charge in [0, 0.05) is 81.5 Å². The topological polar surface area (TPSA) is 395 Å². The number of aryl methyl sites for hydroxylation is 5. The van der Waals surface area contributed by atoms with Gasteiger partial charge in [-0.2, -0.15) is 0 Å². The van der Waals surface area contributed by atoms with Crippen molar-refractivity contribution < 1.29 is 84.0 Å². The molecule has 0 aromatic carbocycles. The van der Waals surface area contributed by atoms with Crippen molar-refractivity contribution in [1.29, 1.82) is 0 Å². The third-order valence-electron chi connectivity index (χ3n) is 26.3. The molecular formula is C90H135Cl2N10O15+3. The van der Waals surface area contributed by atoms with Gasteiger partial charge in [-0.25, -0.2) is 15.0 Å². The number of fused-ring (bicyclic) bond motifs is 2. The number of rotatable bonds is 9. The van der Waals surface area contributed by atoms with E-state index in [0.717, 1.165) is 25.7 Å². The molecule has 5 fully saturated rings. The Morgan fingerprint density at radius 3 is 1.13 bits per heavy atom. The van der Waals surface area contributed by atoms with E-state index in [4.69, 9.17) is 48.6 Å². The van der Waals surface area contributed by atoms with Gasteiger partial charge in [-0.15, -0.1) is 23.2 Å². The first-order valence-corrected chi connectivity index (χ1v) is 42.0. The molecule has 5 aliphatic carbocycles. The van der Waals surface area contributed by atoms with E-state index >= 15 is 0 Å². The van der Waals surface area contributed by atoms with E-state index in [9.17, 15) is 54.8 Å². The summed E-state index contributed by atoms with van der Waals surface area (Å²) >= 11 is 13.2. The van der Waals surface area contributed by atoms with Crippen molar-refractivity contribution in [3.63, 3.8) is 0 Å². The third kappa shape index (κ3) is 23.4. The van der Waals surface area contributed by atoms with Gasteiger partial charge in [0.05, 0.1) is 40.0 Å². The maximum atomic E-state index is 12.7. The van der Waals surface area contributed by atoms with Gasteiger partial charge < -0.3 is 67.1 Å². The molecular weight excluding hydrogens is 1530 g/mol. The molecule has 4 amide bonds. The first kappa shape index (κ1) is 95.8. The monoisotopic (exact) mass is 1670 g/mol. The average Bonchev–Trinajstić information content (AvgIpc) is 1.59. The molecule has 2 saturated heterocycles. The second kappa shape index (κ2) is 38.4. The van der Waals surface area contributed by atoms with Gasteiger partial charge in [-0.05, 0) is 188 Å². The standard InChI is InChI=1S/C18H26Cl2N2O2.2C18H26N2O4.C18H26N2O2.C11H21N.C7H7NO3/c1-9-6-7-21-14(15(9)23)17(24)22-12-8-18(4,5)16(20)13(19)11(3)10(12)2;2*1-9-6-7-20(23)13(14(9)21)17(22)19-12-8-18(4,5)16-15(24-16)11(3)10(12)2;1-11-6-8-18(4,5)10-14(13(11)3)20-17(22)15-16(21)12(2)7-9-19-15;1-8-5-6-11(3,4)7-10(12)9(8)2;1-4-2-3-8-5(6(4)9)7(10)11/h6-7,10-13,16,23H,8H2,1-5H3,(H,22,24);2*6-7,10-12,15-16H,8H2,1-5H3,(H2-,19,21,22,23);6-9,11,13-14,21H,10H2,1-5H3,(H,20,22);5-6,8-10H,7,12H2,1-4H3;2-3,9H,1H3,(H,10,11)/p+3/t10-,11-,12?,13?,16?;2*10-,11-,12?,15?,16?;11-,13+,14?;8-,9+,10?;/m11100./s1. The van der Waals surface area contributed by atoms with E-state index < -0.39 is 17.8 Å². The zero-order chi connectivity index (χ0) is 88.1. The predicted molar refractivity (Wildman–Crippen MR) is 452 cm³/mol. The molecule has 12 rings (SSSR count). The number of halogens is 2. The summed E-state index contributed by atoms with van der Waals surface area (Å²) in [6.45, 7) is 51.8. The number of ether oxygens (including phenoxy) is 2. The first-order chi connectivity index (χ1) is 54.1. The number of nitrogens with one attached hydrogen (secondary N) is 4. The van der Waals surface area contributed by atoms with Crippen LogP contribution in [0.2, 0.25) is 0 Å². The van der Waals surface area contributed by atoms with Crippen LogP contribution in [0.4, 0.5) is 0 Å². The lowest BCUT2D eigenvalue weighted by Crippen LogP contribution is -2.48. The molecule has 646 valence electrons. The Balaban J connectivity index is 0.000000198. The summed E-state index contributed by atoms with van der Waals surface area (Å²) in [6, 6.07) is 8.26. The van der Waals surface area contributed by atoms with E-state index in [0.29, 0.717) is 90.7 Å². The number of hydrogen-bond donors (Lipinski definition) is 12. The molecule has 15 N–H and O–H groups in total. The van der Waals surface area contributed by atoms with E-state index in [1.54, 1.807) is 71.1 Å². The van der Waals surface area contributed by atoms with Crippen molar-refractivity contribution in [2.45, 2.75) is 271 Å². The van der Waals surface area contributed by atoms with Crippen LogP contribution in [-0.2, 0) is 9.47 Å². The van der Waals surface area contributed by atoms with Crippen molar-refractivity contribution in [2.24, 2.45) is 92.0 Å². The van der Waals surface area contributed by atoms with Gasteiger partial charge >= 0.3 is 29.2 Å². The molecule has 0 spiro atoms. The number of amides is 4. The number of aromatic nitrogens is 5. The molecule has 11 unspecified atom stereocenters. The zero-order valence-corrected chi connectivity index (χ0v) is 74.8. The number of nitrogens with two attached hydrogens (primary N) is 1. The summed E-state index contributed by atoms with van der Waals surface area (Å²) in [4.78, 5) is 72.6. The quantitative estimate of drug-likeness (QED) is 0.0124. The maximum Gasteiger partial charge on any atom is 0.571 e. The molecule has 5 aromatic heterocycles. The summed E-state index contributed by atoms with van der Waals surface area (Å²) in [7, 11) is 0. The van der Waals surface area contributed by atoms with Gasteiger partial charge in [0.15, 0.2) is 17.1 Å². The lowest BCUT2D eigenvalue weighted by molar-refractivity contribution is -0.906. The van der Waals surface area contributed by atoms with Crippen LogP contribution < -0.4 is 36.5 Å². The van der Waals surface area contributed by atoms with Gasteiger partial charge in [0.2, 0.25) is 23.9 Å². The second-order valence-corrected chi connectivity index (χ2v) is 39.0. The van der Waals surface area contributed by atoms with Crippen LogP contribution in [0.25, 0.3) is 0 Å². The Morgan fingerprint density at radius 1 is 0.436 bits per heavy atom. The minimum Gasteiger partial charge on any atom is -0.560 e. The number of carbonyl (C=O) groups excluding carboxylic acids is 5. The Bertz CT molecular complexity index is 4300. The number of allylic oxidation sites excluding steroid dienone is 4. The molecule has 5 aromatic rings. The number of carbonyl (C=O) groups is 5. The maximum absolute atomic E-state index is 12.7. The second-order valence-electron chi connectivity index (χ2n) is 38.0.